The van der Waals surface area contributed by atoms with Gasteiger partial charge in [-0.25, -0.2) is 4.39 Å². The Morgan fingerprint density at radius 3 is 2.70 bits per heavy atom. The summed E-state index contributed by atoms with van der Waals surface area (Å²) in [6, 6.07) is 10.6. The summed E-state index contributed by atoms with van der Waals surface area (Å²) in [6.45, 7) is 8.59. The highest BCUT2D eigenvalue weighted by Gasteiger charge is 2.34. The largest absolute Gasteiger partial charge is 0.477 e. The molecule has 1 N–H and O–H groups in total. The molecule has 0 saturated carbocycles. The maximum Gasteiger partial charge on any atom is 0.259 e. The lowest BCUT2D eigenvalue weighted by Gasteiger charge is -2.44. The number of hydrogen-bond acceptors (Lipinski definition) is 4. The van der Waals surface area contributed by atoms with Gasteiger partial charge in [0.05, 0.1) is 6.61 Å². The minimum atomic E-state index is -0.228. The summed E-state index contributed by atoms with van der Waals surface area (Å²) in [5.74, 6) is 0.0783. The molecule has 0 unspecified atom stereocenters. The second kappa shape index (κ2) is 8.44. The van der Waals surface area contributed by atoms with Gasteiger partial charge in [0.25, 0.3) is 5.91 Å². The number of fused-ring (bicyclic) bond motifs is 1. The van der Waals surface area contributed by atoms with Gasteiger partial charge in [0.15, 0.2) is 0 Å². The molecule has 1 amide bonds. The van der Waals surface area contributed by atoms with Crippen molar-refractivity contribution in [1.29, 1.82) is 0 Å². The molecule has 4 rings (SSSR count). The first kappa shape index (κ1) is 20.3. The monoisotopic (exact) mass is 410 g/mol. The number of nitrogens with one attached hydrogen (secondary N) is 1. The molecule has 1 fully saturated rings. The van der Waals surface area contributed by atoms with E-state index in [4.69, 9.17) is 4.74 Å². The topological polar surface area (TPSA) is 61.5 Å². The fraction of sp³-hybridized carbons (Fsp3) is 0.391. The first-order valence-electron chi connectivity index (χ1n) is 10.4. The minimum absolute atomic E-state index is 0.0329. The van der Waals surface area contributed by atoms with Crippen LogP contribution in [0.2, 0.25) is 0 Å². The van der Waals surface area contributed by atoms with Crippen molar-refractivity contribution >= 4 is 16.9 Å². The van der Waals surface area contributed by atoms with Crippen molar-refractivity contribution in [2.24, 2.45) is 0 Å². The van der Waals surface area contributed by atoms with Crippen LogP contribution in [0.15, 0.2) is 42.6 Å². The average molecular weight is 410 g/mol. The summed E-state index contributed by atoms with van der Waals surface area (Å²) in [5.41, 5.74) is 2.27. The van der Waals surface area contributed by atoms with E-state index in [2.05, 4.69) is 28.7 Å². The highest BCUT2D eigenvalue weighted by atomic mass is 19.1. The van der Waals surface area contributed by atoms with E-state index in [0.717, 1.165) is 24.0 Å². The Morgan fingerprint density at radius 1 is 1.20 bits per heavy atom. The maximum absolute atomic E-state index is 13.5. The van der Waals surface area contributed by atoms with Gasteiger partial charge in [0.2, 0.25) is 5.88 Å². The predicted octanol–water partition coefficient (Wildman–Crippen LogP) is 3.84. The van der Waals surface area contributed by atoms with Gasteiger partial charge in [-0.1, -0.05) is 12.1 Å². The number of ether oxygens (including phenoxy) is 1. The number of pyridine rings is 1. The smallest absolute Gasteiger partial charge is 0.259 e. The molecule has 1 aliphatic heterocycles. The van der Waals surface area contributed by atoms with Crippen molar-refractivity contribution in [2.75, 3.05) is 19.7 Å². The lowest BCUT2D eigenvalue weighted by molar-refractivity contribution is 0.0287. The van der Waals surface area contributed by atoms with Gasteiger partial charge in [-0.3, -0.25) is 9.69 Å². The molecule has 7 heteroatoms. The predicted molar refractivity (Wildman–Crippen MR) is 114 cm³/mol. The quantitative estimate of drug-likeness (QED) is 0.694. The van der Waals surface area contributed by atoms with Crippen LogP contribution in [0.5, 0.6) is 5.88 Å². The number of amides is 1. The van der Waals surface area contributed by atoms with Crippen molar-refractivity contribution in [3.8, 4) is 5.88 Å². The number of benzene rings is 1. The van der Waals surface area contributed by atoms with Gasteiger partial charge in [-0.15, -0.1) is 0 Å². The molecule has 3 heterocycles. The van der Waals surface area contributed by atoms with E-state index in [0.29, 0.717) is 30.2 Å². The van der Waals surface area contributed by atoms with Crippen molar-refractivity contribution in [1.82, 2.24) is 19.8 Å². The molecular weight excluding hydrogens is 383 g/mol. The summed E-state index contributed by atoms with van der Waals surface area (Å²) in [4.78, 5) is 25.3. The molecule has 0 spiro atoms. The lowest BCUT2D eigenvalue weighted by atomic mass is 10.0. The Balaban J connectivity index is 1.53. The summed E-state index contributed by atoms with van der Waals surface area (Å²) in [6.07, 6.45) is 1.81. The van der Waals surface area contributed by atoms with E-state index in [1.54, 1.807) is 6.20 Å². The van der Waals surface area contributed by atoms with Crippen molar-refractivity contribution in [3.05, 3.63) is 59.5 Å². The van der Waals surface area contributed by atoms with E-state index in [9.17, 15) is 9.18 Å². The SMILES string of the molecule is CCOc1nc2[nH]ccc2cc1C(=O)N1C[C@H](C)N(Cc2ccc(F)cc2)C[C@H]1C. The van der Waals surface area contributed by atoms with Crippen LogP contribution < -0.4 is 4.74 Å². The highest BCUT2D eigenvalue weighted by Crippen LogP contribution is 2.26. The first-order valence-corrected chi connectivity index (χ1v) is 10.4. The fourth-order valence-electron chi connectivity index (χ4n) is 4.05. The fourth-order valence-corrected chi connectivity index (χ4v) is 4.05. The number of piperazine rings is 1. The summed E-state index contributed by atoms with van der Waals surface area (Å²) in [7, 11) is 0. The third-order valence-electron chi connectivity index (χ3n) is 5.69. The van der Waals surface area contributed by atoms with Crippen LogP contribution in [-0.2, 0) is 6.54 Å². The Hall–Kier alpha value is -2.93. The summed E-state index contributed by atoms with van der Waals surface area (Å²) < 4.78 is 18.9. The molecule has 158 valence electrons. The van der Waals surface area contributed by atoms with Gasteiger partial charge < -0.3 is 14.6 Å². The molecule has 0 aliphatic carbocycles. The number of H-pyrrole nitrogens is 1. The van der Waals surface area contributed by atoms with Gasteiger partial charge in [-0.2, -0.15) is 4.98 Å². The zero-order valence-electron chi connectivity index (χ0n) is 17.6. The third-order valence-corrected chi connectivity index (χ3v) is 5.69. The summed E-state index contributed by atoms with van der Waals surface area (Å²) in [5, 5.41) is 0.887. The highest BCUT2D eigenvalue weighted by molar-refractivity contribution is 5.99. The molecule has 30 heavy (non-hydrogen) atoms. The number of carbonyl (C=O) groups excluding carboxylic acids is 1. The average Bonchev–Trinajstić information content (AvgIpc) is 3.19. The molecule has 6 nitrogen and oxygen atoms in total. The number of rotatable bonds is 5. The van der Waals surface area contributed by atoms with Gasteiger partial charge >= 0.3 is 0 Å². The van der Waals surface area contributed by atoms with Crippen molar-refractivity contribution < 1.29 is 13.9 Å². The molecule has 3 aromatic rings. The second-order valence-electron chi connectivity index (χ2n) is 7.90. The molecule has 2 atom stereocenters. The van der Waals surface area contributed by atoms with Crippen LogP contribution in [0.25, 0.3) is 11.0 Å². The third kappa shape index (κ3) is 4.03. The lowest BCUT2D eigenvalue weighted by Crippen LogP contribution is -2.57. The molecular formula is C23H27FN4O2. The Bertz CT molecular complexity index is 1030. The van der Waals surface area contributed by atoms with Crippen molar-refractivity contribution in [3.63, 3.8) is 0 Å². The van der Waals surface area contributed by atoms with E-state index in [1.165, 1.54) is 12.1 Å². The number of carbonyl (C=O) groups is 1. The Morgan fingerprint density at radius 2 is 1.97 bits per heavy atom. The van der Waals surface area contributed by atoms with E-state index >= 15 is 0 Å². The van der Waals surface area contributed by atoms with Gasteiger partial charge in [0.1, 0.15) is 17.0 Å². The molecule has 1 aliphatic rings. The molecule has 1 saturated heterocycles. The van der Waals surface area contributed by atoms with Gasteiger partial charge in [0, 0.05) is 43.3 Å². The zero-order valence-corrected chi connectivity index (χ0v) is 17.6. The van der Waals surface area contributed by atoms with Crippen LogP contribution in [0.1, 0.15) is 36.7 Å². The van der Waals surface area contributed by atoms with Crippen LogP contribution in [0.3, 0.4) is 0 Å². The van der Waals surface area contributed by atoms with E-state index in [1.807, 2.05) is 36.1 Å². The Kier molecular flexibility index (Phi) is 5.72. The molecule has 0 radical (unpaired) electrons. The maximum atomic E-state index is 13.5. The van der Waals surface area contributed by atoms with Crippen LogP contribution in [0.4, 0.5) is 4.39 Å². The van der Waals surface area contributed by atoms with Gasteiger partial charge in [-0.05, 0) is 50.6 Å². The summed E-state index contributed by atoms with van der Waals surface area (Å²) >= 11 is 0. The normalized spacial score (nSPS) is 19.9. The van der Waals surface area contributed by atoms with Crippen LogP contribution >= 0.6 is 0 Å². The van der Waals surface area contributed by atoms with Crippen molar-refractivity contribution in [2.45, 2.75) is 39.4 Å². The zero-order chi connectivity index (χ0) is 21.3. The molecule has 0 bridgehead atoms. The number of aromatic amines is 1. The van der Waals surface area contributed by atoms with E-state index in [-0.39, 0.29) is 23.8 Å². The van der Waals surface area contributed by atoms with Crippen LogP contribution in [0, 0.1) is 5.82 Å². The number of hydrogen-bond donors (Lipinski definition) is 1. The molecule has 2 aromatic heterocycles. The first-order chi connectivity index (χ1) is 14.5. The van der Waals surface area contributed by atoms with E-state index < -0.39 is 0 Å². The Labute approximate surface area is 175 Å². The second-order valence-corrected chi connectivity index (χ2v) is 7.90. The molecule has 1 aromatic carbocycles. The standard InChI is InChI=1S/C23H27FN4O2/c1-4-30-22-20(11-18-9-10-25-21(18)26-22)23(29)28-13-15(2)27(12-16(28)3)14-17-5-7-19(24)8-6-17/h5-11,15-16H,4,12-14H2,1-3H3,(H,25,26)/t15-,16+/m0/s1. The number of nitrogens with zero attached hydrogens (tertiary/aromatic N) is 3. The minimum Gasteiger partial charge on any atom is -0.477 e. The number of aromatic nitrogens is 2. The van der Waals surface area contributed by atoms with Crippen LogP contribution in [-0.4, -0.2) is 57.5 Å². The number of halogens is 1.